The van der Waals surface area contributed by atoms with Crippen LogP contribution in [0, 0.1) is 0 Å². The van der Waals surface area contributed by atoms with Crippen LogP contribution in [-0.2, 0) is 5.88 Å². The number of alkyl halides is 1. The van der Waals surface area contributed by atoms with Crippen LogP contribution in [0.2, 0.25) is 0 Å². The van der Waals surface area contributed by atoms with Crippen molar-refractivity contribution in [3.8, 4) is 10.6 Å². The molecule has 0 atom stereocenters. The summed E-state index contributed by atoms with van der Waals surface area (Å²) in [6, 6.07) is 7.54. The number of thiazole rings is 1. The van der Waals surface area contributed by atoms with Gasteiger partial charge in [-0.3, -0.25) is 4.79 Å². The van der Waals surface area contributed by atoms with E-state index in [0.29, 0.717) is 18.0 Å². The Balaban J connectivity index is 2.05. The topological polar surface area (TPSA) is 42.0 Å². The molecule has 0 radical (unpaired) electrons. The van der Waals surface area contributed by atoms with Crippen LogP contribution in [0.1, 0.15) is 22.5 Å². The summed E-state index contributed by atoms with van der Waals surface area (Å²) in [6.45, 7) is 0.706. The zero-order valence-corrected chi connectivity index (χ0v) is 14.2. The first kappa shape index (κ1) is 16.3. The van der Waals surface area contributed by atoms with Crippen molar-refractivity contribution < 1.29 is 4.79 Å². The fourth-order valence-corrected chi connectivity index (χ4v) is 3.29. The molecular formula is C15H17ClN2OS2. The number of nitrogens with zero attached hydrogens (tertiary/aromatic N) is 1. The van der Waals surface area contributed by atoms with Gasteiger partial charge < -0.3 is 5.32 Å². The van der Waals surface area contributed by atoms with Crippen molar-refractivity contribution in [2.45, 2.75) is 12.3 Å². The second-order valence-electron chi connectivity index (χ2n) is 4.46. The highest BCUT2D eigenvalue weighted by Crippen LogP contribution is 2.25. The Morgan fingerprint density at radius 1 is 1.48 bits per heavy atom. The standard InChI is InChI=1S/C15H17ClN2OS2/c1-20-7-3-6-17-14(19)11-4-2-5-12(8-11)15-18-13(9-16)10-21-15/h2,4-5,8,10H,3,6-7,9H2,1H3,(H,17,19). The highest BCUT2D eigenvalue weighted by Gasteiger charge is 2.09. The second-order valence-corrected chi connectivity index (χ2v) is 6.57. The van der Waals surface area contributed by atoms with Gasteiger partial charge in [0.05, 0.1) is 11.6 Å². The molecule has 3 nitrogen and oxygen atoms in total. The lowest BCUT2D eigenvalue weighted by Gasteiger charge is -2.05. The Kier molecular flexibility index (Phi) is 6.54. The van der Waals surface area contributed by atoms with E-state index in [0.717, 1.165) is 28.4 Å². The van der Waals surface area contributed by atoms with Gasteiger partial charge in [-0.25, -0.2) is 4.98 Å². The minimum Gasteiger partial charge on any atom is -0.352 e. The maximum Gasteiger partial charge on any atom is 0.251 e. The Morgan fingerprint density at radius 2 is 2.33 bits per heavy atom. The molecule has 0 bridgehead atoms. The average molecular weight is 341 g/mol. The van der Waals surface area contributed by atoms with Crippen molar-refractivity contribution in [3.05, 3.63) is 40.9 Å². The third-order valence-electron chi connectivity index (χ3n) is 2.87. The maximum atomic E-state index is 12.1. The third kappa shape index (κ3) is 4.73. The minimum atomic E-state index is -0.0351. The first-order valence-corrected chi connectivity index (χ1v) is 9.43. The molecule has 0 aliphatic rings. The van der Waals surface area contributed by atoms with Gasteiger partial charge in [0.25, 0.3) is 5.91 Å². The van der Waals surface area contributed by atoms with Crippen LogP contribution in [0.15, 0.2) is 29.6 Å². The quantitative estimate of drug-likeness (QED) is 0.611. The molecule has 0 saturated carbocycles. The van der Waals surface area contributed by atoms with Gasteiger partial charge in [0.15, 0.2) is 0 Å². The first-order valence-electron chi connectivity index (χ1n) is 6.62. The van der Waals surface area contributed by atoms with Crippen LogP contribution in [0.3, 0.4) is 0 Å². The molecule has 0 fully saturated rings. The summed E-state index contributed by atoms with van der Waals surface area (Å²) in [7, 11) is 0. The fraction of sp³-hybridized carbons (Fsp3) is 0.333. The van der Waals surface area contributed by atoms with Crippen molar-refractivity contribution in [3.63, 3.8) is 0 Å². The molecule has 2 aromatic rings. The molecule has 0 saturated heterocycles. The van der Waals surface area contributed by atoms with Gasteiger partial charge in [-0.2, -0.15) is 11.8 Å². The number of aromatic nitrogens is 1. The molecule has 1 heterocycles. The van der Waals surface area contributed by atoms with Crippen LogP contribution in [-0.4, -0.2) is 29.4 Å². The summed E-state index contributed by atoms with van der Waals surface area (Å²) < 4.78 is 0. The monoisotopic (exact) mass is 340 g/mol. The first-order chi connectivity index (χ1) is 10.2. The van der Waals surface area contributed by atoms with E-state index in [1.807, 2.05) is 29.6 Å². The molecule has 21 heavy (non-hydrogen) atoms. The number of benzene rings is 1. The summed E-state index contributed by atoms with van der Waals surface area (Å²) in [6.07, 6.45) is 3.05. The molecule has 0 spiro atoms. The number of halogens is 1. The average Bonchev–Trinajstić information content (AvgIpc) is 3.00. The highest BCUT2D eigenvalue weighted by atomic mass is 35.5. The van der Waals surface area contributed by atoms with Crippen molar-refractivity contribution in [2.24, 2.45) is 0 Å². The lowest BCUT2D eigenvalue weighted by Crippen LogP contribution is -2.24. The summed E-state index contributed by atoms with van der Waals surface area (Å²) in [4.78, 5) is 16.5. The van der Waals surface area contributed by atoms with E-state index in [-0.39, 0.29) is 5.91 Å². The van der Waals surface area contributed by atoms with Crippen LogP contribution in [0.25, 0.3) is 10.6 Å². The van der Waals surface area contributed by atoms with Crippen LogP contribution < -0.4 is 5.32 Å². The minimum absolute atomic E-state index is 0.0351. The van der Waals surface area contributed by atoms with Crippen LogP contribution >= 0.6 is 34.7 Å². The zero-order valence-electron chi connectivity index (χ0n) is 11.8. The van der Waals surface area contributed by atoms with Gasteiger partial charge in [-0.05, 0) is 30.6 Å². The predicted molar refractivity (Wildman–Crippen MR) is 92.4 cm³/mol. The number of nitrogens with one attached hydrogen (secondary N) is 1. The number of thioether (sulfide) groups is 1. The number of rotatable bonds is 7. The molecule has 6 heteroatoms. The molecule has 2 rings (SSSR count). The smallest absolute Gasteiger partial charge is 0.251 e. The summed E-state index contributed by atoms with van der Waals surface area (Å²) in [5, 5.41) is 5.77. The van der Waals surface area contributed by atoms with Crippen molar-refractivity contribution in [1.29, 1.82) is 0 Å². The third-order valence-corrected chi connectivity index (χ3v) is 4.78. The van der Waals surface area contributed by atoms with E-state index in [1.54, 1.807) is 23.1 Å². The normalized spacial score (nSPS) is 10.6. The molecule has 0 aliphatic heterocycles. The molecule has 1 aromatic carbocycles. The summed E-state index contributed by atoms with van der Waals surface area (Å²) in [5.74, 6) is 1.43. The number of hydrogen-bond acceptors (Lipinski definition) is 4. The molecule has 1 amide bonds. The summed E-state index contributed by atoms with van der Waals surface area (Å²) >= 11 is 9.10. The van der Waals surface area contributed by atoms with E-state index in [2.05, 4.69) is 16.6 Å². The van der Waals surface area contributed by atoms with E-state index < -0.39 is 0 Å². The van der Waals surface area contributed by atoms with Crippen molar-refractivity contribution >= 4 is 40.6 Å². The Morgan fingerprint density at radius 3 is 3.05 bits per heavy atom. The molecule has 0 aliphatic carbocycles. The van der Waals surface area contributed by atoms with Gasteiger partial charge in [0.1, 0.15) is 5.01 Å². The van der Waals surface area contributed by atoms with Gasteiger partial charge in [-0.15, -0.1) is 22.9 Å². The van der Waals surface area contributed by atoms with E-state index in [4.69, 9.17) is 11.6 Å². The van der Waals surface area contributed by atoms with E-state index in [9.17, 15) is 4.79 Å². The maximum absolute atomic E-state index is 12.1. The molecule has 1 N–H and O–H groups in total. The van der Waals surface area contributed by atoms with Gasteiger partial charge in [0, 0.05) is 23.1 Å². The Bertz CT molecular complexity index is 601. The lowest BCUT2D eigenvalue weighted by molar-refractivity contribution is 0.0954. The van der Waals surface area contributed by atoms with Gasteiger partial charge in [0.2, 0.25) is 0 Å². The largest absolute Gasteiger partial charge is 0.352 e. The van der Waals surface area contributed by atoms with Crippen LogP contribution in [0.4, 0.5) is 0 Å². The Labute approximate surface area is 138 Å². The van der Waals surface area contributed by atoms with Gasteiger partial charge >= 0.3 is 0 Å². The zero-order chi connectivity index (χ0) is 15.1. The Hall–Kier alpha value is -1.04. The van der Waals surface area contributed by atoms with Crippen molar-refractivity contribution in [2.75, 3.05) is 18.6 Å². The van der Waals surface area contributed by atoms with Crippen molar-refractivity contribution in [1.82, 2.24) is 10.3 Å². The number of carbonyl (C=O) groups is 1. The summed E-state index contributed by atoms with van der Waals surface area (Å²) in [5.41, 5.74) is 2.48. The number of hydrogen-bond donors (Lipinski definition) is 1. The van der Waals surface area contributed by atoms with E-state index in [1.165, 1.54) is 0 Å². The number of amides is 1. The molecule has 1 aromatic heterocycles. The molecule has 0 unspecified atom stereocenters. The number of carbonyl (C=O) groups excluding carboxylic acids is 1. The lowest BCUT2D eigenvalue weighted by atomic mass is 10.1. The predicted octanol–water partition coefficient (Wildman–Crippen LogP) is 4.03. The highest BCUT2D eigenvalue weighted by molar-refractivity contribution is 7.98. The van der Waals surface area contributed by atoms with Gasteiger partial charge in [-0.1, -0.05) is 12.1 Å². The fourth-order valence-electron chi connectivity index (χ4n) is 1.81. The second kappa shape index (κ2) is 8.41. The SMILES string of the molecule is CSCCCNC(=O)c1cccc(-c2nc(CCl)cs2)c1. The molecular weight excluding hydrogens is 324 g/mol. The van der Waals surface area contributed by atoms with E-state index >= 15 is 0 Å². The van der Waals surface area contributed by atoms with Crippen LogP contribution in [0.5, 0.6) is 0 Å². The molecule has 112 valence electrons.